The number of nitrogens with zero attached hydrogens (tertiary/aromatic N) is 3. The summed E-state index contributed by atoms with van der Waals surface area (Å²) in [5.74, 6) is -0.310. The second kappa shape index (κ2) is 8.79. The van der Waals surface area contributed by atoms with Gasteiger partial charge >= 0.3 is 6.18 Å². The van der Waals surface area contributed by atoms with Crippen LogP contribution in [0.15, 0.2) is 29.2 Å². The van der Waals surface area contributed by atoms with Gasteiger partial charge < -0.3 is 4.90 Å². The van der Waals surface area contributed by atoms with E-state index in [0.29, 0.717) is 18.5 Å². The molecule has 1 aliphatic rings. The Labute approximate surface area is 164 Å². The summed E-state index contributed by atoms with van der Waals surface area (Å²) in [4.78, 5) is 15.6. The summed E-state index contributed by atoms with van der Waals surface area (Å²) < 4.78 is 63.9. The van der Waals surface area contributed by atoms with E-state index in [1.807, 2.05) is 0 Å². The van der Waals surface area contributed by atoms with Crippen molar-refractivity contribution in [2.24, 2.45) is 0 Å². The zero-order valence-corrected chi connectivity index (χ0v) is 17.1. The molecule has 6 nitrogen and oxygen atoms in total. The van der Waals surface area contributed by atoms with Crippen molar-refractivity contribution in [2.45, 2.75) is 37.4 Å². The monoisotopic (exact) mass is 421 g/mol. The van der Waals surface area contributed by atoms with Crippen molar-refractivity contribution in [3.05, 3.63) is 29.8 Å². The molecular formula is C18H26F3N3O3S. The maximum absolute atomic E-state index is 12.7. The SMILES string of the molecule is CC(C)N(C)S(=O)(=O)c1ccc(C(=O)N2CCCN(CC(F)(F)F)CC2)cc1. The van der Waals surface area contributed by atoms with Crippen molar-refractivity contribution >= 4 is 15.9 Å². The molecule has 1 aliphatic heterocycles. The van der Waals surface area contributed by atoms with Crippen LogP contribution >= 0.6 is 0 Å². The molecule has 10 heteroatoms. The minimum Gasteiger partial charge on any atom is -0.337 e. The molecular weight excluding hydrogens is 395 g/mol. The molecule has 1 aromatic rings. The van der Waals surface area contributed by atoms with Crippen LogP contribution in [0.2, 0.25) is 0 Å². The fraction of sp³-hybridized carbons (Fsp3) is 0.611. The molecule has 0 spiro atoms. The highest BCUT2D eigenvalue weighted by atomic mass is 32.2. The molecule has 0 atom stereocenters. The van der Waals surface area contributed by atoms with E-state index in [-0.39, 0.29) is 36.5 Å². The molecule has 0 aromatic heterocycles. The van der Waals surface area contributed by atoms with Crippen LogP contribution < -0.4 is 0 Å². The van der Waals surface area contributed by atoms with E-state index in [9.17, 15) is 26.4 Å². The van der Waals surface area contributed by atoms with Crippen molar-refractivity contribution < 1.29 is 26.4 Å². The lowest BCUT2D eigenvalue weighted by atomic mass is 10.2. The van der Waals surface area contributed by atoms with Gasteiger partial charge in [-0.2, -0.15) is 17.5 Å². The number of carbonyl (C=O) groups excluding carboxylic acids is 1. The molecule has 1 aromatic carbocycles. The van der Waals surface area contributed by atoms with Crippen LogP contribution in [0.3, 0.4) is 0 Å². The van der Waals surface area contributed by atoms with Gasteiger partial charge in [-0.1, -0.05) is 0 Å². The Balaban J connectivity index is 2.07. The van der Waals surface area contributed by atoms with E-state index in [1.54, 1.807) is 13.8 Å². The van der Waals surface area contributed by atoms with Gasteiger partial charge in [-0.15, -0.1) is 0 Å². The number of rotatable bonds is 5. The van der Waals surface area contributed by atoms with Crippen LogP contribution in [0.1, 0.15) is 30.6 Å². The average Bonchev–Trinajstić information content (AvgIpc) is 2.84. The van der Waals surface area contributed by atoms with Gasteiger partial charge in [0.25, 0.3) is 5.91 Å². The quantitative estimate of drug-likeness (QED) is 0.733. The number of carbonyl (C=O) groups is 1. The summed E-state index contributed by atoms with van der Waals surface area (Å²) in [5.41, 5.74) is 0.315. The van der Waals surface area contributed by atoms with Gasteiger partial charge in [-0.05, 0) is 44.5 Å². The average molecular weight is 421 g/mol. The van der Waals surface area contributed by atoms with Crippen molar-refractivity contribution in [1.29, 1.82) is 0 Å². The molecule has 28 heavy (non-hydrogen) atoms. The van der Waals surface area contributed by atoms with E-state index in [1.165, 1.54) is 45.4 Å². The first-order valence-corrected chi connectivity index (χ1v) is 10.5. The predicted octanol–water partition coefficient (Wildman–Crippen LogP) is 2.43. The maximum Gasteiger partial charge on any atom is 0.401 e. The topological polar surface area (TPSA) is 60.9 Å². The maximum atomic E-state index is 12.7. The molecule has 0 unspecified atom stereocenters. The number of halogens is 3. The van der Waals surface area contributed by atoms with E-state index in [2.05, 4.69) is 0 Å². The third kappa shape index (κ3) is 5.68. The zero-order chi connectivity index (χ0) is 21.1. The molecule has 2 rings (SSSR count). The Morgan fingerprint density at radius 1 is 1.11 bits per heavy atom. The van der Waals surface area contributed by atoms with Gasteiger partial charge in [0, 0.05) is 44.8 Å². The Hall–Kier alpha value is -1.65. The molecule has 1 heterocycles. The molecule has 1 fully saturated rings. The first-order chi connectivity index (χ1) is 12.9. The fourth-order valence-electron chi connectivity index (χ4n) is 2.98. The van der Waals surface area contributed by atoms with Crippen LogP contribution in [0.4, 0.5) is 13.2 Å². The van der Waals surface area contributed by atoms with Gasteiger partial charge in [-0.3, -0.25) is 9.69 Å². The van der Waals surface area contributed by atoms with Crippen LogP contribution in [-0.2, 0) is 10.0 Å². The van der Waals surface area contributed by atoms with Crippen molar-refractivity contribution in [3.8, 4) is 0 Å². The van der Waals surface area contributed by atoms with Crippen LogP contribution in [0, 0.1) is 0 Å². The Bertz CT molecular complexity index is 780. The number of hydrogen-bond acceptors (Lipinski definition) is 4. The Kier molecular flexibility index (Phi) is 7.11. The first kappa shape index (κ1) is 22.6. The zero-order valence-electron chi connectivity index (χ0n) is 16.2. The minimum atomic E-state index is -4.26. The molecule has 0 radical (unpaired) electrons. The van der Waals surface area contributed by atoms with E-state index >= 15 is 0 Å². The third-order valence-corrected chi connectivity index (χ3v) is 6.83. The standard InChI is InChI=1S/C18H26F3N3O3S/c1-14(2)22(3)28(26,27)16-7-5-15(6-8-16)17(25)24-10-4-9-23(11-12-24)13-18(19,20)21/h5-8,14H,4,9-13H2,1-3H3. The first-order valence-electron chi connectivity index (χ1n) is 9.08. The summed E-state index contributed by atoms with van der Waals surface area (Å²) in [6, 6.07) is 5.46. The molecule has 1 saturated heterocycles. The Morgan fingerprint density at radius 2 is 1.71 bits per heavy atom. The summed E-state index contributed by atoms with van der Waals surface area (Å²) in [6.45, 7) is 3.53. The summed E-state index contributed by atoms with van der Waals surface area (Å²) >= 11 is 0. The highest BCUT2D eigenvalue weighted by molar-refractivity contribution is 7.89. The largest absolute Gasteiger partial charge is 0.401 e. The highest BCUT2D eigenvalue weighted by Crippen LogP contribution is 2.20. The van der Waals surface area contributed by atoms with Crippen molar-refractivity contribution in [1.82, 2.24) is 14.1 Å². The lowest BCUT2D eigenvalue weighted by Gasteiger charge is -2.23. The van der Waals surface area contributed by atoms with Crippen LogP contribution in [0.5, 0.6) is 0 Å². The van der Waals surface area contributed by atoms with E-state index in [4.69, 9.17) is 0 Å². The minimum absolute atomic E-state index is 0.0902. The number of hydrogen-bond donors (Lipinski definition) is 0. The van der Waals surface area contributed by atoms with Crippen molar-refractivity contribution in [2.75, 3.05) is 39.8 Å². The molecule has 0 N–H and O–H groups in total. The molecule has 0 bridgehead atoms. The van der Waals surface area contributed by atoms with E-state index in [0.717, 1.165) is 0 Å². The third-order valence-electron chi connectivity index (χ3n) is 4.78. The summed E-state index contributed by atoms with van der Waals surface area (Å²) in [7, 11) is -2.15. The lowest BCUT2D eigenvalue weighted by Crippen LogP contribution is -2.38. The molecule has 158 valence electrons. The van der Waals surface area contributed by atoms with E-state index < -0.39 is 22.7 Å². The van der Waals surface area contributed by atoms with Gasteiger partial charge in [0.1, 0.15) is 0 Å². The predicted molar refractivity (Wildman–Crippen MR) is 99.5 cm³/mol. The molecule has 0 saturated carbocycles. The second-order valence-corrected chi connectivity index (χ2v) is 9.17. The number of alkyl halides is 3. The number of amides is 1. The number of benzene rings is 1. The van der Waals surface area contributed by atoms with Gasteiger partial charge in [0.15, 0.2) is 0 Å². The number of sulfonamides is 1. The smallest absolute Gasteiger partial charge is 0.337 e. The summed E-state index contributed by atoms with van der Waals surface area (Å²) in [5, 5.41) is 0. The van der Waals surface area contributed by atoms with Gasteiger partial charge in [-0.25, -0.2) is 8.42 Å². The fourth-order valence-corrected chi connectivity index (χ4v) is 4.35. The van der Waals surface area contributed by atoms with Crippen LogP contribution in [-0.4, -0.2) is 80.4 Å². The Morgan fingerprint density at radius 3 is 2.25 bits per heavy atom. The summed E-state index contributed by atoms with van der Waals surface area (Å²) in [6.07, 6.45) is -3.81. The molecule has 1 amide bonds. The highest BCUT2D eigenvalue weighted by Gasteiger charge is 2.32. The normalized spacial score (nSPS) is 17.2. The van der Waals surface area contributed by atoms with Crippen LogP contribution in [0.25, 0.3) is 0 Å². The second-order valence-electron chi connectivity index (χ2n) is 7.18. The van der Waals surface area contributed by atoms with Gasteiger partial charge in [0.2, 0.25) is 10.0 Å². The lowest BCUT2D eigenvalue weighted by molar-refractivity contribution is -0.145. The van der Waals surface area contributed by atoms with Crippen molar-refractivity contribution in [3.63, 3.8) is 0 Å². The molecule has 0 aliphatic carbocycles. The van der Waals surface area contributed by atoms with Gasteiger partial charge in [0.05, 0.1) is 11.4 Å².